The minimum atomic E-state index is -0.261. The number of hydrogen-bond acceptors (Lipinski definition) is 6. The van der Waals surface area contributed by atoms with Gasteiger partial charge in [-0.3, -0.25) is 4.90 Å². The maximum Gasteiger partial charge on any atom is 0.205 e. The zero-order valence-corrected chi connectivity index (χ0v) is 20.7. The molecule has 2 heterocycles. The Balaban J connectivity index is 1.78. The highest BCUT2D eigenvalue weighted by Crippen LogP contribution is 2.44. The number of allylic oxidation sites excluding steroid dienone is 1. The van der Waals surface area contributed by atoms with Crippen molar-refractivity contribution >= 4 is 6.08 Å². The van der Waals surface area contributed by atoms with Crippen molar-refractivity contribution in [1.82, 2.24) is 4.90 Å². The Morgan fingerprint density at radius 3 is 2.20 bits per heavy atom. The van der Waals surface area contributed by atoms with Crippen LogP contribution >= 0.6 is 0 Å². The molecule has 0 spiro atoms. The first kappa shape index (κ1) is 24.4. The van der Waals surface area contributed by atoms with Crippen LogP contribution in [0.15, 0.2) is 76.9 Å². The Kier molecular flexibility index (Phi) is 7.79. The third-order valence-corrected chi connectivity index (χ3v) is 6.20. The molecule has 0 aromatic heterocycles. The summed E-state index contributed by atoms with van der Waals surface area (Å²) in [6.45, 7) is 9.79. The molecule has 2 aliphatic rings. The van der Waals surface area contributed by atoms with Gasteiger partial charge >= 0.3 is 0 Å². The molecule has 0 saturated carbocycles. The predicted molar refractivity (Wildman–Crippen MR) is 138 cm³/mol. The molecule has 2 aromatic rings. The fourth-order valence-electron chi connectivity index (χ4n) is 4.75. The van der Waals surface area contributed by atoms with Crippen LogP contribution in [0.25, 0.3) is 6.08 Å². The van der Waals surface area contributed by atoms with Gasteiger partial charge in [-0.1, -0.05) is 31.2 Å². The lowest BCUT2D eigenvalue weighted by Crippen LogP contribution is -2.38. The zero-order chi connectivity index (χ0) is 24.8. The number of nitrogens with zero attached hydrogens (tertiary/aromatic N) is 2. The molecule has 35 heavy (non-hydrogen) atoms. The molecule has 6 nitrogen and oxygen atoms in total. The first-order valence-corrected chi connectivity index (χ1v) is 12.3. The van der Waals surface area contributed by atoms with Gasteiger partial charge in [-0.05, 0) is 73.9 Å². The van der Waals surface area contributed by atoms with Crippen LogP contribution in [0.1, 0.15) is 44.2 Å². The van der Waals surface area contributed by atoms with Crippen molar-refractivity contribution < 1.29 is 14.2 Å². The van der Waals surface area contributed by atoms with Crippen LogP contribution in [0.5, 0.6) is 11.5 Å². The molecule has 0 fully saturated rings. The highest BCUT2D eigenvalue weighted by Gasteiger charge is 2.37. The molecule has 2 aromatic carbocycles. The van der Waals surface area contributed by atoms with Crippen LogP contribution in [0.2, 0.25) is 0 Å². The van der Waals surface area contributed by atoms with Gasteiger partial charge in [-0.15, -0.1) is 0 Å². The molecule has 0 amide bonds. The summed E-state index contributed by atoms with van der Waals surface area (Å²) >= 11 is 0. The minimum Gasteiger partial charge on any atom is -0.494 e. The normalized spacial score (nSPS) is 19.3. The monoisotopic (exact) mass is 471 g/mol. The van der Waals surface area contributed by atoms with E-state index in [1.165, 1.54) is 0 Å². The fourth-order valence-corrected chi connectivity index (χ4v) is 4.75. The number of hydrogen-bond donors (Lipinski definition) is 1. The summed E-state index contributed by atoms with van der Waals surface area (Å²) in [5.74, 6) is 2.34. The van der Waals surface area contributed by atoms with E-state index in [0.29, 0.717) is 18.8 Å². The molecule has 0 radical (unpaired) electrons. The summed E-state index contributed by atoms with van der Waals surface area (Å²) < 4.78 is 17.4. The van der Waals surface area contributed by atoms with E-state index in [2.05, 4.69) is 24.0 Å². The number of nitriles is 1. The van der Waals surface area contributed by atoms with Crippen LogP contribution in [-0.2, 0) is 4.74 Å². The van der Waals surface area contributed by atoms with Crippen molar-refractivity contribution in [2.45, 2.75) is 33.1 Å². The van der Waals surface area contributed by atoms with Gasteiger partial charge in [-0.25, -0.2) is 0 Å². The lowest BCUT2D eigenvalue weighted by Gasteiger charge is -2.38. The first-order chi connectivity index (χ1) is 17.1. The van der Waals surface area contributed by atoms with Gasteiger partial charge in [0.05, 0.1) is 19.1 Å². The molecule has 2 N–H and O–H groups in total. The zero-order valence-electron chi connectivity index (χ0n) is 20.7. The van der Waals surface area contributed by atoms with Crippen LogP contribution < -0.4 is 15.2 Å². The summed E-state index contributed by atoms with van der Waals surface area (Å²) in [7, 11) is 0. The summed E-state index contributed by atoms with van der Waals surface area (Å²) in [4.78, 5) is 2.40. The van der Waals surface area contributed by atoms with E-state index in [1.54, 1.807) is 0 Å². The minimum absolute atomic E-state index is 0.173. The van der Waals surface area contributed by atoms with E-state index in [4.69, 9.17) is 19.9 Å². The summed E-state index contributed by atoms with van der Waals surface area (Å²) in [6, 6.07) is 18.3. The number of rotatable bonds is 8. The largest absolute Gasteiger partial charge is 0.494 e. The highest BCUT2D eigenvalue weighted by atomic mass is 16.5. The van der Waals surface area contributed by atoms with Crippen LogP contribution in [-0.4, -0.2) is 37.7 Å². The Morgan fingerprint density at radius 1 is 1.00 bits per heavy atom. The maximum atomic E-state index is 10.0. The molecule has 0 bridgehead atoms. The Morgan fingerprint density at radius 2 is 1.63 bits per heavy atom. The average Bonchev–Trinajstić information content (AvgIpc) is 2.86. The predicted octanol–water partition coefficient (Wildman–Crippen LogP) is 5.35. The van der Waals surface area contributed by atoms with E-state index in [1.807, 2.05) is 62.4 Å². The van der Waals surface area contributed by atoms with E-state index in [-0.39, 0.29) is 11.8 Å². The quantitative estimate of drug-likeness (QED) is 0.559. The Hall–Kier alpha value is -3.69. The number of benzene rings is 2. The molecular weight excluding hydrogens is 438 g/mol. The fraction of sp³-hybridized carbons (Fsp3) is 0.345. The Bertz CT molecular complexity index is 1170. The van der Waals surface area contributed by atoms with Gasteiger partial charge < -0.3 is 19.9 Å². The molecule has 0 saturated heterocycles. The van der Waals surface area contributed by atoms with Crippen LogP contribution in [0.4, 0.5) is 0 Å². The lowest BCUT2D eigenvalue weighted by atomic mass is 9.80. The smallest absolute Gasteiger partial charge is 0.205 e. The number of ether oxygens (including phenoxy) is 3. The summed E-state index contributed by atoms with van der Waals surface area (Å²) in [6.07, 6.45) is 3.18. The topological polar surface area (TPSA) is 80.7 Å². The van der Waals surface area contributed by atoms with E-state index in [0.717, 1.165) is 65.6 Å². The summed E-state index contributed by atoms with van der Waals surface area (Å²) in [5.41, 5.74) is 11.0. The van der Waals surface area contributed by atoms with Gasteiger partial charge in [0.1, 0.15) is 28.9 Å². The van der Waals surface area contributed by atoms with Crippen molar-refractivity contribution in [2.24, 2.45) is 5.73 Å². The molecule has 1 unspecified atom stereocenters. The van der Waals surface area contributed by atoms with E-state index >= 15 is 0 Å². The molecule has 1 atom stereocenters. The van der Waals surface area contributed by atoms with Crippen LogP contribution in [0.3, 0.4) is 0 Å². The third kappa shape index (κ3) is 5.36. The molecule has 182 valence electrons. The van der Waals surface area contributed by atoms with Crippen molar-refractivity contribution in [3.05, 3.63) is 88.0 Å². The van der Waals surface area contributed by atoms with E-state index < -0.39 is 0 Å². The van der Waals surface area contributed by atoms with Gasteiger partial charge in [-0.2, -0.15) is 5.26 Å². The molecular formula is C29H33N3O3. The first-order valence-electron chi connectivity index (χ1n) is 12.3. The van der Waals surface area contributed by atoms with Crippen molar-refractivity contribution in [1.29, 1.82) is 5.26 Å². The number of nitrogens with two attached hydrogens (primary N) is 1. The van der Waals surface area contributed by atoms with Crippen molar-refractivity contribution in [2.75, 3.05) is 32.8 Å². The maximum absolute atomic E-state index is 10.0. The molecule has 4 rings (SSSR count). The van der Waals surface area contributed by atoms with Gasteiger partial charge in [0.15, 0.2) is 0 Å². The van der Waals surface area contributed by atoms with Gasteiger partial charge in [0.2, 0.25) is 5.88 Å². The average molecular weight is 472 g/mol. The second-order valence-corrected chi connectivity index (χ2v) is 8.66. The van der Waals surface area contributed by atoms with E-state index in [9.17, 15) is 5.26 Å². The van der Waals surface area contributed by atoms with Crippen LogP contribution in [0, 0.1) is 11.3 Å². The second-order valence-electron chi connectivity index (χ2n) is 8.66. The third-order valence-electron chi connectivity index (χ3n) is 6.20. The van der Waals surface area contributed by atoms with Crippen molar-refractivity contribution in [3.63, 3.8) is 0 Å². The molecule has 6 heteroatoms. The van der Waals surface area contributed by atoms with Gasteiger partial charge in [0, 0.05) is 18.7 Å². The van der Waals surface area contributed by atoms with Gasteiger partial charge in [0.25, 0.3) is 0 Å². The summed E-state index contributed by atoms with van der Waals surface area (Å²) in [5, 5.41) is 10.0. The Labute approximate surface area is 207 Å². The molecule has 0 aliphatic carbocycles. The molecule has 2 aliphatic heterocycles. The standard InChI is InChI=1S/C29H33N3O3/c1-4-15-32-18-22(16-20-7-11-23(12-8-20)33-5-2)28-26(19-32)27(25(17-30)29(31)35-28)21-9-13-24(14-10-21)34-6-3/h7-14,16,27H,4-6,15,18-19,31H2,1-3H3/b22-16+. The van der Waals surface area contributed by atoms with Crippen molar-refractivity contribution in [3.8, 4) is 17.6 Å². The SMILES string of the molecule is CCCN1CC2=C(OC(N)=C(C#N)C2c2ccc(OCC)cc2)/C(=C/c2ccc(OCC)cc2)C1. The lowest BCUT2D eigenvalue weighted by molar-refractivity contribution is 0.234. The second kappa shape index (κ2) is 11.2. The highest BCUT2D eigenvalue weighted by molar-refractivity contribution is 5.63.